The zero-order valence-corrected chi connectivity index (χ0v) is 16.3. The van der Waals surface area contributed by atoms with Crippen molar-refractivity contribution in [1.82, 2.24) is 9.55 Å². The van der Waals surface area contributed by atoms with Gasteiger partial charge >= 0.3 is 5.97 Å². The third-order valence-corrected chi connectivity index (χ3v) is 5.47. The Labute approximate surface area is 160 Å². The van der Waals surface area contributed by atoms with Crippen molar-refractivity contribution in [3.8, 4) is 0 Å². The molecule has 27 heavy (non-hydrogen) atoms. The number of aromatic nitrogens is 2. The van der Waals surface area contributed by atoms with Gasteiger partial charge in [0.05, 0.1) is 11.9 Å². The number of rotatable bonds is 6. The minimum absolute atomic E-state index is 0.0375. The highest BCUT2D eigenvalue weighted by atomic mass is 32.1. The molecule has 0 aliphatic carbocycles. The van der Waals surface area contributed by atoms with Gasteiger partial charge in [0.15, 0.2) is 0 Å². The highest BCUT2D eigenvalue weighted by Gasteiger charge is 2.23. The van der Waals surface area contributed by atoms with Crippen LogP contribution in [-0.4, -0.2) is 22.2 Å². The number of aryl methyl sites for hydroxylation is 1. The second kappa shape index (κ2) is 8.00. The van der Waals surface area contributed by atoms with Crippen molar-refractivity contribution < 1.29 is 13.9 Å². The molecule has 1 aromatic carbocycles. The smallest absolute Gasteiger partial charge is 0.349 e. The number of benzene rings is 1. The number of alkyl halides is 1. The Morgan fingerprint density at radius 1 is 1.30 bits per heavy atom. The van der Waals surface area contributed by atoms with Gasteiger partial charge in [-0.1, -0.05) is 44.2 Å². The molecule has 2 aromatic heterocycles. The molecule has 0 bridgehead atoms. The molecular weight excluding hydrogens is 367 g/mol. The van der Waals surface area contributed by atoms with Gasteiger partial charge in [-0.3, -0.25) is 9.36 Å². The highest BCUT2D eigenvalue weighted by molar-refractivity contribution is 7.20. The average Bonchev–Trinajstić information content (AvgIpc) is 2.99. The summed E-state index contributed by atoms with van der Waals surface area (Å²) in [6.07, 6.45) is 0. The van der Waals surface area contributed by atoms with E-state index in [1.165, 1.54) is 4.57 Å². The van der Waals surface area contributed by atoms with Gasteiger partial charge in [-0.05, 0) is 18.1 Å². The van der Waals surface area contributed by atoms with Crippen LogP contribution in [0.5, 0.6) is 0 Å². The maximum atomic E-state index is 12.9. The molecule has 0 aliphatic heterocycles. The third-order valence-electron chi connectivity index (χ3n) is 4.30. The number of ether oxygens (including phenoxy) is 1. The van der Waals surface area contributed by atoms with E-state index in [-0.39, 0.29) is 24.6 Å². The number of carbonyl (C=O) groups is 1. The van der Waals surface area contributed by atoms with Crippen LogP contribution in [-0.2, 0) is 17.9 Å². The summed E-state index contributed by atoms with van der Waals surface area (Å²) >= 11 is 1.15. The van der Waals surface area contributed by atoms with Crippen LogP contribution in [0.15, 0.2) is 35.1 Å². The Hall–Kier alpha value is -2.54. The van der Waals surface area contributed by atoms with E-state index < -0.39 is 12.6 Å². The summed E-state index contributed by atoms with van der Waals surface area (Å²) in [5, 5.41) is 0.365. The Morgan fingerprint density at radius 3 is 2.63 bits per heavy atom. The van der Waals surface area contributed by atoms with E-state index >= 15 is 0 Å². The Morgan fingerprint density at radius 2 is 2.00 bits per heavy atom. The zero-order valence-electron chi connectivity index (χ0n) is 15.5. The van der Waals surface area contributed by atoms with Gasteiger partial charge in [0.1, 0.15) is 28.8 Å². The van der Waals surface area contributed by atoms with E-state index in [0.717, 1.165) is 16.9 Å². The first-order valence-corrected chi connectivity index (χ1v) is 9.56. The predicted molar refractivity (Wildman–Crippen MR) is 104 cm³/mol. The van der Waals surface area contributed by atoms with E-state index in [1.807, 2.05) is 44.2 Å². The highest BCUT2D eigenvalue weighted by Crippen LogP contribution is 2.29. The van der Waals surface area contributed by atoms with Crippen LogP contribution in [0.25, 0.3) is 10.2 Å². The topological polar surface area (TPSA) is 61.2 Å². The lowest BCUT2D eigenvalue weighted by Gasteiger charge is -2.13. The molecule has 3 rings (SSSR count). The number of nitrogens with zero attached hydrogens (tertiary/aromatic N) is 2. The SMILES string of the molecule is Cc1c(C(=O)OCc2ccccc2)sc2nc(C(C)C)n(CCF)c(=O)c12. The third kappa shape index (κ3) is 3.78. The van der Waals surface area contributed by atoms with E-state index in [0.29, 0.717) is 26.5 Å². The second-order valence-corrected chi connectivity index (χ2v) is 7.57. The van der Waals surface area contributed by atoms with Crippen molar-refractivity contribution in [2.45, 2.75) is 39.8 Å². The maximum Gasteiger partial charge on any atom is 0.349 e. The summed E-state index contributed by atoms with van der Waals surface area (Å²) in [6, 6.07) is 9.38. The van der Waals surface area contributed by atoms with Gasteiger partial charge in [0, 0.05) is 5.92 Å². The Balaban J connectivity index is 2.00. The summed E-state index contributed by atoms with van der Waals surface area (Å²) in [7, 11) is 0. The minimum Gasteiger partial charge on any atom is -0.457 e. The number of hydrogen-bond donors (Lipinski definition) is 0. The van der Waals surface area contributed by atoms with Crippen molar-refractivity contribution >= 4 is 27.5 Å². The molecule has 0 amide bonds. The first kappa shape index (κ1) is 19.2. The summed E-state index contributed by atoms with van der Waals surface area (Å²) < 4.78 is 19.7. The fraction of sp³-hybridized carbons (Fsp3) is 0.350. The van der Waals surface area contributed by atoms with Crippen LogP contribution in [0.1, 0.15) is 46.4 Å². The van der Waals surface area contributed by atoms with Crippen molar-refractivity contribution in [3.63, 3.8) is 0 Å². The summed E-state index contributed by atoms with van der Waals surface area (Å²) in [5.74, 6) is 0.00188. The van der Waals surface area contributed by atoms with Crippen LogP contribution in [0, 0.1) is 6.92 Å². The summed E-state index contributed by atoms with van der Waals surface area (Å²) in [6.45, 7) is 4.97. The second-order valence-electron chi connectivity index (χ2n) is 6.57. The molecule has 2 heterocycles. The van der Waals surface area contributed by atoms with Crippen molar-refractivity contribution in [2.24, 2.45) is 0 Å². The monoisotopic (exact) mass is 388 g/mol. The van der Waals surface area contributed by atoms with E-state index in [2.05, 4.69) is 4.98 Å². The Bertz CT molecular complexity index is 1030. The molecule has 142 valence electrons. The molecule has 5 nitrogen and oxygen atoms in total. The van der Waals surface area contributed by atoms with Gasteiger partial charge in [-0.15, -0.1) is 11.3 Å². The van der Waals surface area contributed by atoms with Crippen LogP contribution in [0.2, 0.25) is 0 Å². The molecule has 0 unspecified atom stereocenters. The van der Waals surface area contributed by atoms with Gasteiger partial charge in [0.2, 0.25) is 0 Å². The number of hydrogen-bond acceptors (Lipinski definition) is 5. The van der Waals surface area contributed by atoms with Crippen LogP contribution in [0.3, 0.4) is 0 Å². The van der Waals surface area contributed by atoms with Crippen LogP contribution in [0.4, 0.5) is 4.39 Å². The normalized spacial score (nSPS) is 11.3. The fourth-order valence-electron chi connectivity index (χ4n) is 2.96. The van der Waals surface area contributed by atoms with Crippen molar-refractivity contribution in [3.05, 3.63) is 62.5 Å². The predicted octanol–water partition coefficient (Wildman–Crippen LogP) is 4.22. The number of esters is 1. The first-order chi connectivity index (χ1) is 12.9. The molecule has 7 heteroatoms. The molecular formula is C20H21FN2O3S. The Kier molecular flexibility index (Phi) is 5.70. The number of carbonyl (C=O) groups excluding carboxylic acids is 1. The molecule has 0 fully saturated rings. The lowest BCUT2D eigenvalue weighted by molar-refractivity contribution is 0.0478. The lowest BCUT2D eigenvalue weighted by atomic mass is 10.1. The molecule has 0 saturated carbocycles. The van der Waals surface area contributed by atoms with Crippen LogP contribution >= 0.6 is 11.3 Å². The van der Waals surface area contributed by atoms with Gasteiger partial charge < -0.3 is 4.74 Å². The van der Waals surface area contributed by atoms with E-state index in [1.54, 1.807) is 6.92 Å². The average molecular weight is 388 g/mol. The molecule has 0 aliphatic rings. The van der Waals surface area contributed by atoms with Gasteiger partial charge in [-0.25, -0.2) is 14.2 Å². The summed E-state index contributed by atoms with van der Waals surface area (Å²) in [4.78, 5) is 30.8. The number of fused-ring (bicyclic) bond motifs is 1. The lowest BCUT2D eigenvalue weighted by Crippen LogP contribution is -2.26. The number of thiophene rings is 1. The fourth-order valence-corrected chi connectivity index (χ4v) is 4.03. The number of halogens is 1. The first-order valence-electron chi connectivity index (χ1n) is 8.74. The van der Waals surface area contributed by atoms with Crippen molar-refractivity contribution in [1.29, 1.82) is 0 Å². The van der Waals surface area contributed by atoms with Gasteiger partial charge in [-0.2, -0.15) is 0 Å². The van der Waals surface area contributed by atoms with Gasteiger partial charge in [0.25, 0.3) is 5.56 Å². The summed E-state index contributed by atoms with van der Waals surface area (Å²) in [5.41, 5.74) is 1.11. The largest absolute Gasteiger partial charge is 0.457 e. The molecule has 3 aromatic rings. The van der Waals surface area contributed by atoms with E-state index in [4.69, 9.17) is 4.74 Å². The minimum atomic E-state index is -0.651. The maximum absolute atomic E-state index is 12.9. The molecule has 0 N–H and O–H groups in total. The molecule has 0 saturated heterocycles. The van der Waals surface area contributed by atoms with E-state index in [9.17, 15) is 14.0 Å². The zero-order chi connectivity index (χ0) is 19.6. The molecule has 0 radical (unpaired) electrons. The molecule has 0 spiro atoms. The van der Waals surface area contributed by atoms with Crippen LogP contribution < -0.4 is 5.56 Å². The van der Waals surface area contributed by atoms with Crippen molar-refractivity contribution in [2.75, 3.05) is 6.67 Å². The molecule has 0 atom stereocenters. The standard InChI is InChI=1S/C20H21FN2O3S/c1-12(2)17-22-18-15(19(24)23(17)10-9-21)13(3)16(27-18)20(25)26-11-14-7-5-4-6-8-14/h4-8,12H,9-11H2,1-3H3. The quantitative estimate of drug-likeness (QED) is 0.593.